The molecule has 1 fully saturated rings. The molecule has 1 atom stereocenters. The molecule has 5 rings (SSSR count). The van der Waals surface area contributed by atoms with Crippen molar-refractivity contribution in [2.75, 3.05) is 31.2 Å². The number of H-pyrrole nitrogens is 1. The van der Waals surface area contributed by atoms with E-state index in [9.17, 15) is 4.79 Å². The Morgan fingerprint density at radius 1 is 1.03 bits per heavy atom. The van der Waals surface area contributed by atoms with Crippen LogP contribution in [0.5, 0.6) is 0 Å². The first kappa shape index (κ1) is 18.6. The Morgan fingerprint density at radius 3 is 2.50 bits per heavy atom. The van der Waals surface area contributed by atoms with Gasteiger partial charge in [-0.2, -0.15) is 0 Å². The van der Waals surface area contributed by atoms with Crippen LogP contribution in [-0.4, -0.2) is 45.8 Å². The van der Waals surface area contributed by atoms with Crippen molar-refractivity contribution in [1.29, 1.82) is 0 Å². The Kier molecular flexibility index (Phi) is 4.80. The van der Waals surface area contributed by atoms with Gasteiger partial charge < -0.3 is 9.64 Å². The molecule has 2 aromatic carbocycles. The van der Waals surface area contributed by atoms with E-state index in [1.807, 2.05) is 49.4 Å². The van der Waals surface area contributed by atoms with Crippen LogP contribution in [0, 0.1) is 0 Å². The predicted molar refractivity (Wildman–Crippen MR) is 117 cm³/mol. The molecule has 1 N–H and O–H groups in total. The van der Waals surface area contributed by atoms with Crippen molar-refractivity contribution in [1.82, 2.24) is 19.5 Å². The van der Waals surface area contributed by atoms with Crippen molar-refractivity contribution in [3.63, 3.8) is 0 Å². The maximum atomic E-state index is 12.6. The van der Waals surface area contributed by atoms with Gasteiger partial charge in [-0.3, -0.25) is 9.55 Å². The summed E-state index contributed by atoms with van der Waals surface area (Å²) in [4.78, 5) is 27.1. The molecule has 0 amide bonds. The number of rotatable bonds is 4. The van der Waals surface area contributed by atoms with Gasteiger partial charge in [0.1, 0.15) is 0 Å². The number of nitrogens with one attached hydrogen (secondary N) is 1. The third-order valence-electron chi connectivity index (χ3n) is 5.63. The van der Waals surface area contributed by atoms with E-state index >= 15 is 0 Å². The van der Waals surface area contributed by atoms with Gasteiger partial charge >= 0.3 is 5.69 Å². The lowest BCUT2D eigenvalue weighted by atomic mass is 10.1. The topological polar surface area (TPSA) is 76.0 Å². The van der Waals surface area contributed by atoms with Crippen LogP contribution in [0.2, 0.25) is 0 Å². The monoisotopic (exact) mass is 401 g/mol. The maximum absolute atomic E-state index is 12.6. The van der Waals surface area contributed by atoms with Crippen molar-refractivity contribution in [2.24, 2.45) is 0 Å². The molecule has 2 aromatic heterocycles. The highest BCUT2D eigenvalue weighted by Gasteiger charge is 2.17. The second-order valence-corrected chi connectivity index (χ2v) is 7.46. The van der Waals surface area contributed by atoms with Gasteiger partial charge in [0.15, 0.2) is 11.3 Å². The standard InChI is InChI=1S/C23H23N5O2/c1-16(17-5-3-2-4-6-17)28-22-21(26-23(28)29)25-20(15-24-22)18-7-9-19(10-8-18)27-11-13-30-14-12-27/h2-10,15-16H,11-14H2,1H3,(H,25,26,29)/t16-/m0/s1. The summed E-state index contributed by atoms with van der Waals surface area (Å²) in [6.45, 7) is 5.31. The van der Waals surface area contributed by atoms with Gasteiger partial charge in [-0.1, -0.05) is 42.5 Å². The van der Waals surface area contributed by atoms with Gasteiger partial charge in [0, 0.05) is 24.3 Å². The van der Waals surface area contributed by atoms with Crippen molar-refractivity contribution < 1.29 is 4.74 Å². The van der Waals surface area contributed by atoms with Crippen LogP contribution >= 0.6 is 0 Å². The number of aromatic amines is 1. The van der Waals surface area contributed by atoms with Gasteiger partial charge in [-0.25, -0.2) is 14.8 Å². The van der Waals surface area contributed by atoms with Gasteiger partial charge in [0.2, 0.25) is 0 Å². The fraction of sp³-hybridized carbons (Fsp3) is 0.261. The Morgan fingerprint density at radius 2 is 1.77 bits per heavy atom. The average Bonchev–Trinajstić information content (AvgIpc) is 3.14. The van der Waals surface area contributed by atoms with Crippen molar-refractivity contribution in [3.8, 4) is 11.3 Å². The summed E-state index contributed by atoms with van der Waals surface area (Å²) in [6.07, 6.45) is 1.73. The van der Waals surface area contributed by atoms with Crippen LogP contribution in [0.1, 0.15) is 18.5 Å². The molecule has 30 heavy (non-hydrogen) atoms. The number of hydrogen-bond acceptors (Lipinski definition) is 5. The molecule has 3 heterocycles. The van der Waals surface area contributed by atoms with E-state index in [-0.39, 0.29) is 11.7 Å². The first-order valence-corrected chi connectivity index (χ1v) is 10.2. The van der Waals surface area contributed by atoms with E-state index in [0.29, 0.717) is 11.3 Å². The quantitative estimate of drug-likeness (QED) is 0.568. The zero-order chi connectivity index (χ0) is 20.5. The van der Waals surface area contributed by atoms with Gasteiger partial charge in [0.05, 0.1) is 31.1 Å². The summed E-state index contributed by atoms with van der Waals surface area (Å²) in [5, 5.41) is 0. The normalized spacial score (nSPS) is 15.4. The van der Waals surface area contributed by atoms with Crippen molar-refractivity contribution >= 4 is 17.0 Å². The van der Waals surface area contributed by atoms with Crippen LogP contribution in [0.15, 0.2) is 65.6 Å². The molecule has 1 aliphatic rings. The van der Waals surface area contributed by atoms with E-state index in [0.717, 1.165) is 43.1 Å². The van der Waals surface area contributed by atoms with Crippen LogP contribution in [0.25, 0.3) is 22.6 Å². The predicted octanol–water partition coefficient (Wildman–Crippen LogP) is 3.23. The maximum Gasteiger partial charge on any atom is 0.329 e. The molecular weight excluding hydrogens is 378 g/mol. The summed E-state index contributed by atoms with van der Waals surface area (Å²) in [5.41, 5.74) is 4.77. The molecule has 4 aromatic rings. The lowest BCUT2D eigenvalue weighted by Crippen LogP contribution is -2.36. The third-order valence-corrected chi connectivity index (χ3v) is 5.63. The molecule has 152 valence electrons. The Bertz CT molecular complexity index is 1210. The highest BCUT2D eigenvalue weighted by atomic mass is 16.5. The fourth-order valence-corrected chi connectivity index (χ4v) is 3.94. The largest absolute Gasteiger partial charge is 0.378 e. The summed E-state index contributed by atoms with van der Waals surface area (Å²) in [7, 11) is 0. The van der Waals surface area contributed by atoms with Crippen LogP contribution in [0.4, 0.5) is 5.69 Å². The van der Waals surface area contributed by atoms with Crippen molar-refractivity contribution in [3.05, 3.63) is 76.8 Å². The second kappa shape index (κ2) is 7.76. The number of aromatic nitrogens is 4. The number of anilines is 1. The molecule has 0 aliphatic carbocycles. The second-order valence-electron chi connectivity index (χ2n) is 7.46. The Hall–Kier alpha value is -3.45. The van der Waals surface area contributed by atoms with Crippen LogP contribution in [0.3, 0.4) is 0 Å². The molecule has 1 aliphatic heterocycles. The van der Waals surface area contributed by atoms with E-state index < -0.39 is 0 Å². The van der Waals surface area contributed by atoms with E-state index in [4.69, 9.17) is 4.74 Å². The lowest BCUT2D eigenvalue weighted by Gasteiger charge is -2.28. The van der Waals surface area contributed by atoms with E-state index in [1.165, 1.54) is 5.69 Å². The molecule has 7 nitrogen and oxygen atoms in total. The van der Waals surface area contributed by atoms with E-state index in [1.54, 1.807) is 10.8 Å². The van der Waals surface area contributed by atoms with Gasteiger partial charge in [-0.15, -0.1) is 0 Å². The minimum Gasteiger partial charge on any atom is -0.378 e. The molecule has 0 bridgehead atoms. The first-order chi connectivity index (χ1) is 14.7. The zero-order valence-electron chi connectivity index (χ0n) is 16.8. The summed E-state index contributed by atoms with van der Waals surface area (Å²) in [5.74, 6) is 0. The van der Waals surface area contributed by atoms with Crippen molar-refractivity contribution in [2.45, 2.75) is 13.0 Å². The van der Waals surface area contributed by atoms with Gasteiger partial charge in [0.25, 0.3) is 0 Å². The Balaban J connectivity index is 1.46. The number of morpholine rings is 1. The summed E-state index contributed by atoms with van der Waals surface area (Å²) >= 11 is 0. The minimum atomic E-state index is -0.207. The molecule has 1 saturated heterocycles. The number of hydrogen-bond donors (Lipinski definition) is 1. The third kappa shape index (κ3) is 3.37. The summed E-state index contributed by atoms with van der Waals surface area (Å²) < 4.78 is 7.08. The van der Waals surface area contributed by atoms with E-state index in [2.05, 4.69) is 32.0 Å². The SMILES string of the molecule is C[C@@H](c1ccccc1)n1c(=O)[nH]c2nc(-c3ccc(N4CCOCC4)cc3)cnc21. The summed E-state index contributed by atoms with van der Waals surface area (Å²) in [6, 6.07) is 18.1. The average molecular weight is 401 g/mol. The highest BCUT2D eigenvalue weighted by Crippen LogP contribution is 2.24. The first-order valence-electron chi connectivity index (χ1n) is 10.2. The zero-order valence-corrected chi connectivity index (χ0v) is 16.8. The molecule has 0 radical (unpaired) electrons. The van der Waals surface area contributed by atoms with Crippen LogP contribution in [-0.2, 0) is 4.74 Å². The number of imidazole rings is 1. The smallest absolute Gasteiger partial charge is 0.329 e. The van der Waals surface area contributed by atoms with Gasteiger partial charge in [-0.05, 0) is 24.6 Å². The minimum absolute atomic E-state index is 0.139. The number of fused-ring (bicyclic) bond motifs is 1. The highest BCUT2D eigenvalue weighted by molar-refractivity contribution is 5.72. The molecule has 0 unspecified atom stereocenters. The number of benzene rings is 2. The lowest BCUT2D eigenvalue weighted by molar-refractivity contribution is 0.122. The molecule has 0 spiro atoms. The molecule has 0 saturated carbocycles. The molecular formula is C23H23N5O2. The molecule has 7 heteroatoms. The Labute approximate surface area is 174 Å². The fourth-order valence-electron chi connectivity index (χ4n) is 3.94. The van der Waals surface area contributed by atoms with Crippen LogP contribution < -0.4 is 10.6 Å². The number of ether oxygens (including phenoxy) is 1. The number of nitrogens with zero attached hydrogens (tertiary/aromatic N) is 4.